The number of nitrogens with one attached hydrogen (secondary N) is 1. The van der Waals surface area contributed by atoms with E-state index >= 15 is 0 Å². The van der Waals surface area contributed by atoms with Crippen molar-refractivity contribution in [2.45, 2.75) is 144 Å². The van der Waals surface area contributed by atoms with Crippen LogP contribution in [-0.4, -0.2) is 117 Å². The van der Waals surface area contributed by atoms with Crippen LogP contribution in [-0.2, 0) is 46.2 Å². The molecule has 0 amide bonds. The molecule has 0 aliphatic carbocycles. The zero-order valence-corrected chi connectivity index (χ0v) is 52.2. The van der Waals surface area contributed by atoms with Crippen LogP contribution in [0.1, 0.15) is 125 Å². The molecule has 0 spiro atoms. The molecule has 2 unspecified atom stereocenters. The topological polar surface area (TPSA) is 215 Å². The lowest BCUT2D eigenvalue weighted by atomic mass is 9.85. The maximum Gasteiger partial charge on any atom is 0.516 e. The highest BCUT2D eigenvalue weighted by Crippen LogP contribution is 2.39. The molecule has 2 atom stereocenters. The highest BCUT2D eigenvalue weighted by molar-refractivity contribution is 9.10. The van der Waals surface area contributed by atoms with E-state index in [0.29, 0.717) is 18.8 Å². The zero-order chi connectivity index (χ0) is 60.9. The molecule has 0 saturated carbocycles. The van der Waals surface area contributed by atoms with Gasteiger partial charge >= 0.3 is 13.2 Å². The lowest BCUT2D eigenvalue weighted by Gasteiger charge is -2.32. The van der Waals surface area contributed by atoms with Gasteiger partial charge in [-0.25, -0.2) is 24.1 Å². The van der Waals surface area contributed by atoms with Crippen molar-refractivity contribution in [1.29, 1.82) is 0 Å². The van der Waals surface area contributed by atoms with E-state index in [4.69, 9.17) is 53.2 Å². The second kappa shape index (κ2) is 28.3. The van der Waals surface area contributed by atoms with Crippen molar-refractivity contribution in [3.8, 4) is 56.2 Å². The van der Waals surface area contributed by atoms with Crippen molar-refractivity contribution in [3.63, 3.8) is 0 Å². The maximum atomic E-state index is 11.9. The Kier molecular flexibility index (Phi) is 20.9. The Bertz CT molecular complexity index is 3980. The third-order valence-corrected chi connectivity index (χ3v) is 15.9. The summed E-state index contributed by atoms with van der Waals surface area (Å²) in [6, 6.07) is 30.4. The molecule has 0 radical (unpaired) electrons. The number of fused-ring (bicyclic) bond motifs is 2. The van der Waals surface area contributed by atoms with Crippen molar-refractivity contribution >= 4 is 56.8 Å². The third kappa shape index (κ3) is 15.4. The van der Waals surface area contributed by atoms with E-state index in [1.165, 1.54) is 0 Å². The Morgan fingerprint density at radius 1 is 0.652 bits per heavy atom. The summed E-state index contributed by atoms with van der Waals surface area (Å²) in [6.45, 7) is 15.9. The SMILES string of the molecule is C.C.CC(C)(C)OC(=O)n1ccc(B2OC(C)(C)C(C)(C)O2)n1.COCc1cccc(-c2nn(C3CCCCO3)cc2-c2ccc3ncc(-c4cn[nH]c4)cc3n2)c1.COCc1cccc(-c2nn(C3CCCCO3)cc2-c2ccc3ncc(Br)cc3n2)c1. The van der Waals surface area contributed by atoms with Gasteiger partial charge in [0.25, 0.3) is 0 Å². The Balaban J connectivity index is 0.000000162. The van der Waals surface area contributed by atoms with E-state index in [0.717, 1.165) is 150 Å². The predicted octanol–water partition coefficient (Wildman–Crippen LogP) is 14.4. The number of benzene rings is 2. The largest absolute Gasteiger partial charge is 0.516 e. The number of ether oxygens (including phenoxy) is 5. The van der Waals surface area contributed by atoms with E-state index in [-0.39, 0.29) is 27.3 Å². The van der Waals surface area contributed by atoms with Crippen LogP contribution < -0.4 is 5.59 Å². The second-order valence-electron chi connectivity index (χ2n) is 23.7. The fourth-order valence-electron chi connectivity index (χ4n) is 10.4. The number of rotatable bonds is 12. The average molecular weight is 1270 g/mol. The van der Waals surface area contributed by atoms with Crippen LogP contribution in [0.3, 0.4) is 0 Å². The third-order valence-electron chi connectivity index (χ3n) is 15.5. The van der Waals surface area contributed by atoms with Gasteiger partial charge in [-0.3, -0.25) is 15.1 Å². The first-order valence-corrected chi connectivity index (χ1v) is 30.1. The predicted molar refractivity (Wildman–Crippen MR) is 350 cm³/mol. The van der Waals surface area contributed by atoms with Crippen LogP contribution >= 0.6 is 15.9 Å². The van der Waals surface area contributed by atoms with Crippen LogP contribution in [0.2, 0.25) is 0 Å². The van der Waals surface area contributed by atoms with E-state index in [2.05, 4.69) is 90.0 Å². The standard InChI is InChI=1S/C27H26N6O2.C24H23BrN4O2.C14H23BN2O4.2CH4/c1-34-17-18-5-4-6-19(11-18)27-22(16-33(32-27)26-7-2-3-10-35-26)23-8-9-24-25(31-23)12-20(13-28-24)21-14-29-30-15-21;1-30-15-16-5-4-6-17(11-16)24-19(14-29(28-24)23-7-2-3-10-31-23)20-8-9-21-22(27-20)12-18(25)13-26-21;1-12(2,3)19-11(18)17-9-8-10(16-17)15-20-13(4,5)14(6,7)21-15;;/h4-6,8-9,11-16,26H,2-3,7,10,17H2,1H3,(H,29,30);4-6,8-9,11-14,23H,2-3,7,10,15H2,1H3;8-9H,1-7H3;2*1H4. The highest BCUT2D eigenvalue weighted by Gasteiger charge is 2.52. The molecular formula is C67H80BBrN12O8. The van der Waals surface area contributed by atoms with Crippen LogP contribution in [0.25, 0.3) is 78.2 Å². The normalized spacial score (nSPS) is 17.0. The lowest BCUT2D eigenvalue weighted by Crippen LogP contribution is -2.41. The maximum absolute atomic E-state index is 11.9. The molecule has 13 rings (SSSR count). The molecule has 0 bridgehead atoms. The first kappa shape index (κ1) is 65.6. The molecule has 89 heavy (non-hydrogen) atoms. The molecule has 3 fully saturated rings. The fraction of sp³-hybridized carbons (Fsp3) is 0.388. The molecule has 10 aromatic rings. The number of methoxy groups -OCH3 is 2. The van der Waals surface area contributed by atoms with E-state index in [1.54, 1.807) is 38.9 Å². The highest BCUT2D eigenvalue weighted by atomic mass is 79.9. The number of hydrogen-bond acceptors (Lipinski definition) is 16. The lowest BCUT2D eigenvalue weighted by molar-refractivity contribution is -0.0394. The van der Waals surface area contributed by atoms with Crippen molar-refractivity contribution in [2.75, 3.05) is 27.4 Å². The van der Waals surface area contributed by atoms with Crippen LogP contribution in [0.15, 0.2) is 139 Å². The Morgan fingerprint density at radius 2 is 1.19 bits per heavy atom. The van der Waals surface area contributed by atoms with Gasteiger partial charge in [0.1, 0.15) is 29.4 Å². The van der Waals surface area contributed by atoms with Gasteiger partial charge in [0.05, 0.1) is 69.7 Å². The van der Waals surface area contributed by atoms with Gasteiger partial charge in [-0.2, -0.15) is 25.1 Å². The summed E-state index contributed by atoms with van der Waals surface area (Å²) in [7, 11) is 2.83. The van der Waals surface area contributed by atoms with Crippen molar-refractivity contribution in [2.24, 2.45) is 0 Å². The van der Waals surface area contributed by atoms with Gasteiger partial charge in [-0.05, 0) is 169 Å². The molecule has 20 nitrogen and oxygen atoms in total. The number of pyridine rings is 4. The summed E-state index contributed by atoms with van der Waals surface area (Å²) in [5.74, 6) is 0. The van der Waals surface area contributed by atoms with Crippen LogP contribution in [0, 0.1) is 0 Å². The molecule has 3 saturated heterocycles. The van der Waals surface area contributed by atoms with Crippen LogP contribution in [0.4, 0.5) is 4.79 Å². The molecular weight excluding hydrogens is 1190 g/mol. The molecule has 3 aliphatic heterocycles. The second-order valence-corrected chi connectivity index (χ2v) is 24.7. The van der Waals surface area contributed by atoms with E-state index in [1.807, 2.05) is 119 Å². The molecule has 2 aromatic carbocycles. The molecule has 1 N–H and O–H groups in total. The summed E-state index contributed by atoms with van der Waals surface area (Å²) < 4.78 is 45.7. The summed E-state index contributed by atoms with van der Waals surface area (Å²) in [4.78, 5) is 30.9. The van der Waals surface area contributed by atoms with E-state index < -0.39 is 30.0 Å². The van der Waals surface area contributed by atoms with Gasteiger partial charge in [-0.1, -0.05) is 51.3 Å². The summed E-state index contributed by atoms with van der Waals surface area (Å²) >= 11 is 3.50. The molecule has 11 heterocycles. The number of hydrogen-bond donors (Lipinski definition) is 1. The first-order valence-electron chi connectivity index (χ1n) is 29.3. The number of aromatic nitrogens is 12. The summed E-state index contributed by atoms with van der Waals surface area (Å²) in [5, 5.41) is 21.1. The number of H-pyrrole nitrogens is 1. The van der Waals surface area contributed by atoms with Crippen molar-refractivity contribution in [3.05, 3.63) is 150 Å². The minimum atomic E-state index is -0.585. The van der Waals surface area contributed by atoms with Gasteiger partial charge in [0.15, 0.2) is 0 Å². The quantitative estimate of drug-likeness (QED) is 0.113. The van der Waals surface area contributed by atoms with Gasteiger partial charge < -0.3 is 33.0 Å². The Hall–Kier alpha value is -7.83. The van der Waals surface area contributed by atoms with Gasteiger partial charge in [0.2, 0.25) is 0 Å². The van der Waals surface area contributed by atoms with Gasteiger partial charge in [0, 0.05) is 102 Å². The Morgan fingerprint density at radius 3 is 1.69 bits per heavy atom. The van der Waals surface area contributed by atoms with Crippen molar-refractivity contribution < 1.29 is 37.8 Å². The first-order chi connectivity index (χ1) is 41.9. The molecule has 3 aliphatic rings. The number of aromatic amines is 1. The minimum Gasteiger partial charge on any atom is -0.442 e. The number of carbonyl (C=O) groups excluding carboxylic acids is 1. The monoisotopic (exact) mass is 1270 g/mol. The number of carbonyl (C=O) groups is 1. The summed E-state index contributed by atoms with van der Waals surface area (Å²) in [6.07, 6.45) is 18.7. The molecule has 8 aromatic heterocycles. The fourth-order valence-corrected chi connectivity index (χ4v) is 10.7. The van der Waals surface area contributed by atoms with Gasteiger partial charge in [-0.15, -0.1) is 0 Å². The number of nitrogens with zero attached hydrogens (tertiary/aromatic N) is 11. The molecule has 22 heteroatoms. The smallest absolute Gasteiger partial charge is 0.442 e. The van der Waals surface area contributed by atoms with E-state index in [9.17, 15) is 4.79 Å². The Labute approximate surface area is 529 Å². The molecule has 466 valence electrons. The average Bonchev–Trinajstić information content (AvgIpc) is 1.89. The van der Waals surface area contributed by atoms with Crippen LogP contribution in [0.5, 0.6) is 0 Å². The summed E-state index contributed by atoms with van der Waals surface area (Å²) in [5.41, 5.74) is 14.1. The zero-order valence-electron chi connectivity index (χ0n) is 50.6. The minimum absolute atomic E-state index is 0. The number of halogens is 1. The van der Waals surface area contributed by atoms with Crippen molar-refractivity contribution in [1.82, 2.24) is 59.5 Å².